The minimum Gasteiger partial charge on any atom is -0.346 e. The summed E-state index contributed by atoms with van der Waals surface area (Å²) in [7, 11) is -3.35. The van der Waals surface area contributed by atoms with Crippen molar-refractivity contribution in [3.8, 4) is 0 Å². The molecule has 0 aromatic carbocycles. The lowest BCUT2D eigenvalue weighted by Gasteiger charge is -2.43. The molecule has 0 aromatic rings. The smallest absolute Gasteiger partial charge is 0.315 e. The molecule has 4 aliphatic rings. The third kappa shape index (κ3) is 7.54. The van der Waals surface area contributed by atoms with E-state index in [1.165, 1.54) is 11.0 Å². The summed E-state index contributed by atoms with van der Waals surface area (Å²) in [6.07, 6.45) is 7.07. The number of piperidine rings is 1. The number of amides is 5. The highest BCUT2D eigenvalue weighted by molar-refractivity contribution is 7.92. The number of sulfone groups is 1. The molecule has 0 aromatic heterocycles. The Labute approximate surface area is 279 Å². The average molecular weight is 678 g/mol. The molecule has 0 radical (unpaired) electrons. The Morgan fingerprint density at radius 1 is 1.02 bits per heavy atom. The first-order valence-corrected chi connectivity index (χ1v) is 19.0. The number of rotatable bonds is 12. The Morgan fingerprint density at radius 2 is 1.68 bits per heavy atom. The molecule has 0 bridgehead atoms. The van der Waals surface area contributed by atoms with Crippen molar-refractivity contribution in [2.45, 2.75) is 128 Å². The lowest BCUT2D eigenvalue weighted by atomic mass is 9.78. The lowest BCUT2D eigenvalue weighted by molar-refractivity contribution is -0.145. The number of carbonyl (C=O) groups excluding carboxylic acids is 5. The molecular weight excluding hydrogens is 622 g/mol. The molecule has 13 heteroatoms. The third-order valence-electron chi connectivity index (χ3n) is 11.0. The fourth-order valence-corrected chi connectivity index (χ4v) is 10.7. The molecule has 2 heterocycles. The van der Waals surface area contributed by atoms with E-state index >= 15 is 0 Å². The van der Waals surface area contributed by atoms with Gasteiger partial charge in [-0.15, -0.1) is 6.58 Å². The molecule has 5 amide bonds. The van der Waals surface area contributed by atoms with Gasteiger partial charge in [0.05, 0.1) is 22.6 Å². The van der Waals surface area contributed by atoms with Gasteiger partial charge in [-0.05, 0) is 54.8 Å². The number of Topliss-reactive ketones (excluding diaryl/α,β-unsaturated/α-hetero) is 1. The van der Waals surface area contributed by atoms with Crippen LogP contribution in [0.3, 0.4) is 0 Å². The summed E-state index contributed by atoms with van der Waals surface area (Å²) in [6, 6.07) is -3.53. The van der Waals surface area contributed by atoms with Crippen LogP contribution in [0.25, 0.3) is 0 Å². The van der Waals surface area contributed by atoms with Crippen LogP contribution in [0.1, 0.15) is 99.3 Å². The van der Waals surface area contributed by atoms with Crippen LogP contribution in [0.4, 0.5) is 4.79 Å². The predicted molar refractivity (Wildman–Crippen MR) is 179 cm³/mol. The van der Waals surface area contributed by atoms with Gasteiger partial charge in [-0.25, -0.2) is 13.2 Å². The largest absolute Gasteiger partial charge is 0.346 e. The Bertz CT molecular complexity index is 1360. The molecule has 2 saturated carbocycles. The Morgan fingerprint density at radius 3 is 2.23 bits per heavy atom. The van der Waals surface area contributed by atoms with Gasteiger partial charge in [-0.1, -0.05) is 73.3 Å². The van der Waals surface area contributed by atoms with Crippen molar-refractivity contribution >= 4 is 39.4 Å². The monoisotopic (exact) mass is 677 g/mol. The van der Waals surface area contributed by atoms with Crippen LogP contribution in [0.2, 0.25) is 0 Å². The number of carbonyl (C=O) groups is 5. The van der Waals surface area contributed by atoms with Gasteiger partial charge in [-0.2, -0.15) is 0 Å². The number of nitrogens with one attached hydrogen (secondary N) is 4. The number of ketones is 1. The zero-order chi connectivity index (χ0) is 34.9. The average Bonchev–Trinajstić information content (AvgIpc) is 3.30. The van der Waals surface area contributed by atoms with Gasteiger partial charge in [0.2, 0.25) is 17.6 Å². The van der Waals surface area contributed by atoms with Crippen molar-refractivity contribution in [2.24, 2.45) is 22.7 Å². The Balaban J connectivity index is 1.55. The number of nitrogens with zero attached hydrogens (tertiary/aromatic N) is 1. The lowest BCUT2D eigenvalue weighted by Crippen LogP contribution is -2.65. The van der Waals surface area contributed by atoms with Gasteiger partial charge in [-0.3, -0.25) is 19.2 Å². The fraction of sp³-hybridized carbons (Fsp3) is 0.794. The highest BCUT2D eigenvalue weighted by Gasteiger charge is 2.70. The van der Waals surface area contributed by atoms with Crippen LogP contribution in [0, 0.1) is 22.7 Å². The third-order valence-corrected chi connectivity index (χ3v) is 13.5. The number of fused-ring (bicyclic) bond motifs is 1. The van der Waals surface area contributed by atoms with Crippen LogP contribution in [-0.2, 0) is 29.0 Å². The molecule has 2 saturated heterocycles. The molecule has 4 N–H and O–H groups in total. The van der Waals surface area contributed by atoms with Crippen molar-refractivity contribution in [2.75, 3.05) is 18.8 Å². The van der Waals surface area contributed by atoms with Gasteiger partial charge in [0, 0.05) is 13.1 Å². The van der Waals surface area contributed by atoms with Crippen LogP contribution in [0.5, 0.6) is 0 Å². The number of hydrogen-bond donors (Lipinski definition) is 4. The first kappa shape index (κ1) is 36.9. The van der Waals surface area contributed by atoms with E-state index in [0.717, 1.165) is 19.3 Å². The summed E-state index contributed by atoms with van der Waals surface area (Å²) in [6.45, 7) is 15.4. The van der Waals surface area contributed by atoms with E-state index in [2.05, 4.69) is 41.7 Å². The molecule has 3 unspecified atom stereocenters. The summed E-state index contributed by atoms with van der Waals surface area (Å²) < 4.78 is 26.0. The standard InChI is InChI=1S/C34H55N5O7S/c1-8-14-22(26(40)29(42)35-18-9-2)36-28(41)25-24-21(33(24,6)7)20-39(25)30(43)27(32(3,4)5)37-31(44)38-34(16-11-10-12-17-34)23-15-13-19-47(23,45)46/h9,21-25,27H,2,8,10-20H2,1,3-7H3,(H,35,42)(H,36,41)(H2,37,38,44)/t21-,22?,23?,24?,25-,27+/m0/s1. The van der Waals surface area contributed by atoms with Gasteiger partial charge < -0.3 is 26.2 Å². The van der Waals surface area contributed by atoms with Gasteiger partial charge in [0.25, 0.3) is 5.91 Å². The summed E-state index contributed by atoms with van der Waals surface area (Å²) in [5.74, 6) is -2.44. The van der Waals surface area contributed by atoms with Crippen molar-refractivity contribution in [3.05, 3.63) is 12.7 Å². The highest BCUT2D eigenvalue weighted by atomic mass is 32.2. The second-order valence-electron chi connectivity index (χ2n) is 15.7. The maximum Gasteiger partial charge on any atom is 0.315 e. The van der Waals surface area contributed by atoms with E-state index in [1.807, 2.05) is 27.7 Å². The molecule has 6 atom stereocenters. The molecule has 4 rings (SSSR count). The van der Waals surface area contributed by atoms with Crippen LogP contribution < -0.4 is 21.3 Å². The van der Waals surface area contributed by atoms with E-state index in [-0.39, 0.29) is 36.0 Å². The molecule has 0 spiro atoms. The zero-order valence-electron chi connectivity index (χ0n) is 28.9. The number of likely N-dealkylation sites (tertiary alicyclic amines) is 1. The topological polar surface area (TPSA) is 171 Å². The quantitative estimate of drug-likeness (QED) is 0.182. The first-order valence-electron chi connectivity index (χ1n) is 17.3. The number of hydrogen-bond acceptors (Lipinski definition) is 7. The van der Waals surface area contributed by atoms with E-state index in [1.54, 1.807) is 0 Å². The SMILES string of the molecule is C=CCNC(=O)C(=O)C(CCC)NC(=O)[C@@H]1C2[C@H](CN1C(=O)[C@@H](NC(=O)NC1(C3CCCS3(=O)=O)CCCCC1)C(C)(C)C)C2(C)C. The predicted octanol–water partition coefficient (Wildman–Crippen LogP) is 2.62. The number of urea groups is 1. The second-order valence-corrected chi connectivity index (χ2v) is 18.0. The zero-order valence-corrected chi connectivity index (χ0v) is 29.8. The molecule has 264 valence electrons. The molecule has 12 nitrogen and oxygen atoms in total. The van der Waals surface area contributed by atoms with Crippen LogP contribution in [-0.4, -0.2) is 90.6 Å². The molecule has 2 aliphatic heterocycles. The fourth-order valence-electron chi connectivity index (χ4n) is 8.37. The van der Waals surface area contributed by atoms with Crippen LogP contribution >= 0.6 is 0 Å². The van der Waals surface area contributed by atoms with Crippen molar-refractivity contribution < 1.29 is 32.4 Å². The Hall–Kier alpha value is -2.96. The van der Waals surface area contributed by atoms with Gasteiger partial charge >= 0.3 is 6.03 Å². The molecular formula is C34H55N5O7S. The van der Waals surface area contributed by atoms with E-state index in [0.29, 0.717) is 38.6 Å². The van der Waals surface area contributed by atoms with Gasteiger partial charge in [0.1, 0.15) is 12.1 Å². The van der Waals surface area contributed by atoms with Gasteiger partial charge in [0.15, 0.2) is 9.84 Å². The van der Waals surface area contributed by atoms with E-state index < -0.39 is 73.7 Å². The van der Waals surface area contributed by atoms with Crippen molar-refractivity contribution in [1.82, 2.24) is 26.2 Å². The summed E-state index contributed by atoms with van der Waals surface area (Å²) in [5, 5.41) is 10.6. The summed E-state index contributed by atoms with van der Waals surface area (Å²) in [5.41, 5.74) is -1.84. The van der Waals surface area contributed by atoms with Crippen LogP contribution in [0.15, 0.2) is 12.7 Å². The molecule has 47 heavy (non-hydrogen) atoms. The first-order chi connectivity index (χ1) is 21.9. The second kappa shape index (κ2) is 13.9. The minimum atomic E-state index is -3.35. The molecule has 2 aliphatic carbocycles. The maximum absolute atomic E-state index is 14.4. The summed E-state index contributed by atoms with van der Waals surface area (Å²) >= 11 is 0. The maximum atomic E-state index is 14.4. The Kier molecular flexibility index (Phi) is 10.9. The summed E-state index contributed by atoms with van der Waals surface area (Å²) in [4.78, 5) is 69.0. The minimum absolute atomic E-state index is 0.0611. The van der Waals surface area contributed by atoms with E-state index in [9.17, 15) is 32.4 Å². The molecule has 4 fully saturated rings. The highest BCUT2D eigenvalue weighted by Crippen LogP contribution is 2.65. The van der Waals surface area contributed by atoms with Crippen molar-refractivity contribution in [3.63, 3.8) is 0 Å². The van der Waals surface area contributed by atoms with E-state index in [4.69, 9.17) is 0 Å². The van der Waals surface area contributed by atoms with Crippen molar-refractivity contribution in [1.29, 1.82) is 0 Å². The normalized spacial score (nSPS) is 28.3.